The molecule has 3 aromatic carbocycles. The minimum atomic E-state index is -0.322. The quantitative estimate of drug-likeness (QED) is 0.445. The molecule has 0 unspecified atom stereocenters. The molecule has 0 fully saturated rings. The molecule has 2 heterocycles. The smallest absolute Gasteiger partial charge is 0.262 e. The first kappa shape index (κ1) is 19.0. The van der Waals surface area contributed by atoms with Crippen molar-refractivity contribution in [2.24, 2.45) is 0 Å². The van der Waals surface area contributed by atoms with Crippen LogP contribution < -0.4 is 15.6 Å². The van der Waals surface area contributed by atoms with E-state index in [4.69, 9.17) is 4.74 Å². The van der Waals surface area contributed by atoms with Crippen molar-refractivity contribution >= 4 is 43.4 Å². The number of fused-ring (bicyclic) bond motifs is 2. The largest absolute Gasteiger partial charge is 0.497 e. The standard InChI is InChI=1S/C24H17N3O3S/c1-30-16-12-10-15(11-13-16)27-14-19(17-6-2-3-7-18(17)23(27)29)22(28)26-24-25-20-8-4-5-9-21(20)31-24/h2-14H,1H3,(H,25,26,28). The third-order valence-electron chi connectivity index (χ3n) is 5.03. The van der Waals surface area contributed by atoms with E-state index >= 15 is 0 Å². The number of amides is 1. The summed E-state index contributed by atoms with van der Waals surface area (Å²) < 4.78 is 7.67. The number of hydrogen-bond donors (Lipinski definition) is 1. The van der Waals surface area contributed by atoms with E-state index in [0.717, 1.165) is 10.2 Å². The Morgan fingerprint density at radius 1 is 0.968 bits per heavy atom. The summed E-state index contributed by atoms with van der Waals surface area (Å²) in [5.74, 6) is 0.365. The predicted octanol–water partition coefficient (Wildman–Crippen LogP) is 4.86. The number of thiazole rings is 1. The number of carbonyl (C=O) groups is 1. The zero-order chi connectivity index (χ0) is 21.4. The first-order valence-corrected chi connectivity index (χ1v) is 10.4. The van der Waals surface area contributed by atoms with Gasteiger partial charge in [-0.15, -0.1) is 0 Å². The summed E-state index contributed by atoms with van der Waals surface area (Å²) in [6.45, 7) is 0. The molecule has 7 heteroatoms. The monoisotopic (exact) mass is 427 g/mol. The minimum absolute atomic E-state index is 0.197. The van der Waals surface area contributed by atoms with Crippen LogP contribution in [0, 0.1) is 0 Å². The molecule has 0 radical (unpaired) electrons. The number of benzene rings is 3. The zero-order valence-corrected chi connectivity index (χ0v) is 17.3. The highest BCUT2D eigenvalue weighted by Crippen LogP contribution is 2.27. The van der Waals surface area contributed by atoms with E-state index in [1.807, 2.05) is 30.3 Å². The number of nitrogens with one attached hydrogen (secondary N) is 1. The second-order valence-electron chi connectivity index (χ2n) is 6.90. The fraction of sp³-hybridized carbons (Fsp3) is 0.0417. The Morgan fingerprint density at radius 3 is 2.42 bits per heavy atom. The van der Waals surface area contributed by atoms with Crippen LogP contribution in [0.15, 0.2) is 83.8 Å². The molecular weight excluding hydrogens is 410 g/mol. The van der Waals surface area contributed by atoms with Gasteiger partial charge in [0, 0.05) is 22.7 Å². The van der Waals surface area contributed by atoms with E-state index in [1.54, 1.807) is 55.8 Å². The molecule has 152 valence electrons. The van der Waals surface area contributed by atoms with Crippen LogP contribution in [0.4, 0.5) is 5.13 Å². The number of carbonyl (C=O) groups excluding carboxylic acids is 1. The van der Waals surface area contributed by atoms with Gasteiger partial charge in [0.1, 0.15) is 5.75 Å². The summed E-state index contributed by atoms with van der Waals surface area (Å²) >= 11 is 1.41. The number of para-hydroxylation sites is 1. The van der Waals surface area contributed by atoms with Crippen molar-refractivity contribution in [2.75, 3.05) is 12.4 Å². The van der Waals surface area contributed by atoms with Crippen LogP contribution in [0.25, 0.3) is 26.7 Å². The van der Waals surface area contributed by atoms with Gasteiger partial charge in [0.25, 0.3) is 11.5 Å². The molecule has 2 aromatic heterocycles. The molecule has 31 heavy (non-hydrogen) atoms. The van der Waals surface area contributed by atoms with Crippen molar-refractivity contribution < 1.29 is 9.53 Å². The second kappa shape index (κ2) is 7.70. The lowest BCUT2D eigenvalue weighted by atomic mass is 10.1. The van der Waals surface area contributed by atoms with E-state index in [1.165, 1.54) is 15.9 Å². The summed E-state index contributed by atoms with van der Waals surface area (Å²) in [4.78, 5) is 30.8. The molecule has 5 aromatic rings. The van der Waals surface area contributed by atoms with Crippen LogP contribution in [0.3, 0.4) is 0 Å². The summed E-state index contributed by atoms with van der Waals surface area (Å²) in [7, 11) is 1.59. The van der Waals surface area contributed by atoms with Gasteiger partial charge in [0.05, 0.1) is 22.9 Å². The summed E-state index contributed by atoms with van der Waals surface area (Å²) in [6.07, 6.45) is 1.58. The number of nitrogens with zero attached hydrogens (tertiary/aromatic N) is 2. The SMILES string of the molecule is COc1ccc(-n2cc(C(=O)Nc3nc4ccccc4s3)c3ccccc3c2=O)cc1. The highest BCUT2D eigenvalue weighted by molar-refractivity contribution is 7.22. The van der Waals surface area contributed by atoms with Gasteiger partial charge < -0.3 is 4.74 Å². The Kier molecular flexibility index (Phi) is 4.72. The van der Waals surface area contributed by atoms with Crippen molar-refractivity contribution in [3.05, 3.63) is 94.9 Å². The Hall–Kier alpha value is -3.97. The second-order valence-corrected chi connectivity index (χ2v) is 7.93. The van der Waals surface area contributed by atoms with Gasteiger partial charge in [-0.1, -0.05) is 41.7 Å². The molecule has 0 saturated carbocycles. The maximum absolute atomic E-state index is 13.2. The summed E-state index contributed by atoms with van der Waals surface area (Å²) in [6, 6.07) is 21.9. The molecule has 0 atom stereocenters. The third-order valence-corrected chi connectivity index (χ3v) is 5.99. The van der Waals surface area contributed by atoms with Gasteiger partial charge >= 0.3 is 0 Å². The fourth-order valence-electron chi connectivity index (χ4n) is 3.50. The molecule has 0 bridgehead atoms. The van der Waals surface area contributed by atoms with Crippen LogP contribution in [0.5, 0.6) is 5.75 Å². The molecule has 0 aliphatic carbocycles. The van der Waals surface area contributed by atoms with Crippen molar-refractivity contribution in [1.82, 2.24) is 9.55 Å². The maximum Gasteiger partial charge on any atom is 0.262 e. The average molecular weight is 427 g/mol. The van der Waals surface area contributed by atoms with Crippen molar-refractivity contribution in [2.45, 2.75) is 0 Å². The van der Waals surface area contributed by atoms with E-state index in [-0.39, 0.29) is 11.5 Å². The number of ether oxygens (including phenoxy) is 1. The Balaban J connectivity index is 1.62. The van der Waals surface area contributed by atoms with Gasteiger partial charge in [-0.3, -0.25) is 19.5 Å². The normalized spacial score (nSPS) is 11.0. The number of hydrogen-bond acceptors (Lipinski definition) is 5. The van der Waals surface area contributed by atoms with Gasteiger partial charge in [-0.05, 0) is 42.5 Å². The van der Waals surface area contributed by atoms with Gasteiger partial charge in [-0.2, -0.15) is 0 Å². The predicted molar refractivity (Wildman–Crippen MR) is 124 cm³/mol. The highest BCUT2D eigenvalue weighted by Gasteiger charge is 2.17. The topological polar surface area (TPSA) is 73.2 Å². The third kappa shape index (κ3) is 3.45. The molecule has 1 N–H and O–H groups in total. The maximum atomic E-state index is 13.2. The van der Waals surface area contributed by atoms with Crippen LogP contribution in [0.2, 0.25) is 0 Å². The lowest BCUT2D eigenvalue weighted by molar-refractivity contribution is 0.102. The number of rotatable bonds is 4. The lowest BCUT2D eigenvalue weighted by Crippen LogP contribution is -2.22. The van der Waals surface area contributed by atoms with E-state index in [0.29, 0.717) is 32.9 Å². The van der Waals surface area contributed by atoms with E-state index in [2.05, 4.69) is 10.3 Å². The molecule has 1 amide bonds. The number of anilines is 1. The summed E-state index contributed by atoms with van der Waals surface area (Å²) in [5, 5.41) is 4.46. The molecule has 6 nitrogen and oxygen atoms in total. The van der Waals surface area contributed by atoms with Crippen LogP contribution in [-0.2, 0) is 0 Å². The van der Waals surface area contributed by atoms with E-state index in [9.17, 15) is 9.59 Å². The molecule has 5 rings (SSSR count). The summed E-state index contributed by atoms with van der Waals surface area (Å²) in [5.41, 5.74) is 1.67. The highest BCUT2D eigenvalue weighted by atomic mass is 32.1. The first-order valence-electron chi connectivity index (χ1n) is 9.60. The minimum Gasteiger partial charge on any atom is -0.497 e. The molecule has 0 aliphatic heterocycles. The van der Waals surface area contributed by atoms with Crippen LogP contribution >= 0.6 is 11.3 Å². The van der Waals surface area contributed by atoms with E-state index < -0.39 is 0 Å². The zero-order valence-electron chi connectivity index (χ0n) is 16.5. The Morgan fingerprint density at radius 2 is 1.68 bits per heavy atom. The van der Waals surface area contributed by atoms with Gasteiger partial charge in [0.15, 0.2) is 5.13 Å². The van der Waals surface area contributed by atoms with Gasteiger partial charge in [-0.25, -0.2) is 4.98 Å². The number of pyridine rings is 1. The van der Waals surface area contributed by atoms with Gasteiger partial charge in [0.2, 0.25) is 0 Å². The number of aromatic nitrogens is 2. The molecular formula is C24H17N3O3S. The van der Waals surface area contributed by atoms with Crippen molar-refractivity contribution in [3.63, 3.8) is 0 Å². The van der Waals surface area contributed by atoms with Crippen LogP contribution in [-0.4, -0.2) is 22.6 Å². The average Bonchev–Trinajstić information content (AvgIpc) is 3.22. The first-order chi connectivity index (χ1) is 15.1. The lowest BCUT2D eigenvalue weighted by Gasteiger charge is -2.12. The Labute approximate surface area is 181 Å². The number of methoxy groups -OCH3 is 1. The fourth-order valence-corrected chi connectivity index (χ4v) is 4.36. The van der Waals surface area contributed by atoms with Crippen LogP contribution in [0.1, 0.15) is 10.4 Å². The van der Waals surface area contributed by atoms with Crippen molar-refractivity contribution in [1.29, 1.82) is 0 Å². The molecule has 0 spiro atoms. The Bertz CT molecular complexity index is 1450. The molecule has 0 aliphatic rings. The molecule has 0 saturated heterocycles. The van der Waals surface area contributed by atoms with Crippen molar-refractivity contribution in [3.8, 4) is 11.4 Å².